The topological polar surface area (TPSA) is 56.8 Å². The second-order valence-electron chi connectivity index (χ2n) is 9.21. The molecular formula is C26H33N5. The first kappa shape index (κ1) is 20.3. The molecule has 0 atom stereocenters. The minimum atomic E-state index is 0.520. The highest BCUT2D eigenvalue weighted by Crippen LogP contribution is 2.29. The molecule has 1 aliphatic carbocycles. The lowest BCUT2D eigenvalue weighted by molar-refractivity contribution is 0.220. The van der Waals surface area contributed by atoms with E-state index in [0.29, 0.717) is 6.04 Å². The van der Waals surface area contributed by atoms with Crippen molar-refractivity contribution in [3.05, 3.63) is 54.5 Å². The van der Waals surface area contributed by atoms with Gasteiger partial charge in [-0.05, 0) is 68.1 Å². The Labute approximate surface area is 185 Å². The molecule has 3 heterocycles. The van der Waals surface area contributed by atoms with Crippen LogP contribution in [0.25, 0.3) is 27.7 Å². The quantitative estimate of drug-likeness (QED) is 0.558. The molecular weight excluding hydrogens is 382 g/mol. The summed E-state index contributed by atoms with van der Waals surface area (Å²) in [6, 6.07) is 9.31. The molecule has 3 aromatic rings. The maximum atomic E-state index is 4.58. The Morgan fingerprint density at radius 2 is 1.81 bits per heavy atom. The third kappa shape index (κ3) is 4.67. The Bertz CT molecular complexity index is 1040. The number of likely N-dealkylation sites (tertiary alicyclic amines) is 1. The van der Waals surface area contributed by atoms with Crippen molar-refractivity contribution in [1.29, 1.82) is 0 Å². The van der Waals surface area contributed by atoms with Crippen LogP contribution in [-0.2, 0) is 6.54 Å². The molecule has 1 saturated carbocycles. The van der Waals surface area contributed by atoms with Crippen LogP contribution in [-0.4, -0.2) is 39.2 Å². The zero-order valence-electron chi connectivity index (χ0n) is 18.4. The molecule has 1 aliphatic heterocycles. The zero-order chi connectivity index (χ0) is 21.0. The van der Waals surface area contributed by atoms with Crippen LogP contribution in [0.4, 0.5) is 0 Å². The molecule has 5 nitrogen and oxygen atoms in total. The number of rotatable bonds is 6. The Morgan fingerprint density at radius 3 is 2.65 bits per heavy atom. The number of nitrogens with one attached hydrogen (secondary N) is 2. The fourth-order valence-electron chi connectivity index (χ4n) is 5.09. The predicted molar refractivity (Wildman–Crippen MR) is 127 cm³/mol. The molecule has 0 bridgehead atoms. The summed E-state index contributed by atoms with van der Waals surface area (Å²) in [5, 5.41) is 12.5. The van der Waals surface area contributed by atoms with E-state index < -0.39 is 0 Å². The van der Waals surface area contributed by atoms with Crippen LogP contribution in [0.3, 0.4) is 0 Å². The molecule has 5 heteroatoms. The summed E-state index contributed by atoms with van der Waals surface area (Å²) in [6.45, 7) is 7.70. The summed E-state index contributed by atoms with van der Waals surface area (Å²) < 4.78 is 0. The fourth-order valence-corrected chi connectivity index (χ4v) is 5.09. The summed E-state index contributed by atoms with van der Waals surface area (Å²) in [7, 11) is 0. The van der Waals surface area contributed by atoms with Gasteiger partial charge in [-0.2, -0.15) is 5.10 Å². The van der Waals surface area contributed by atoms with Crippen LogP contribution < -0.4 is 5.32 Å². The molecule has 31 heavy (non-hydrogen) atoms. The van der Waals surface area contributed by atoms with E-state index in [0.717, 1.165) is 34.4 Å². The molecule has 2 aliphatic rings. The van der Waals surface area contributed by atoms with Gasteiger partial charge in [0.05, 0.1) is 11.2 Å². The van der Waals surface area contributed by atoms with E-state index in [1.165, 1.54) is 75.6 Å². The summed E-state index contributed by atoms with van der Waals surface area (Å²) in [5.41, 5.74) is 6.52. The van der Waals surface area contributed by atoms with Crippen molar-refractivity contribution in [1.82, 2.24) is 25.4 Å². The average Bonchev–Trinajstić information content (AvgIpc) is 3.24. The first-order valence-corrected chi connectivity index (χ1v) is 11.9. The molecule has 0 amide bonds. The number of hydrogen-bond donors (Lipinski definition) is 2. The molecule has 0 unspecified atom stereocenters. The highest BCUT2D eigenvalue weighted by molar-refractivity contribution is 5.92. The van der Waals surface area contributed by atoms with Crippen LogP contribution in [0.15, 0.2) is 43.2 Å². The molecule has 0 radical (unpaired) electrons. The lowest BCUT2D eigenvalue weighted by Crippen LogP contribution is -2.29. The van der Waals surface area contributed by atoms with Gasteiger partial charge in [-0.15, -0.1) is 0 Å². The van der Waals surface area contributed by atoms with Gasteiger partial charge in [0.1, 0.15) is 5.69 Å². The Balaban J connectivity index is 1.37. The monoisotopic (exact) mass is 415 g/mol. The molecule has 2 aromatic heterocycles. The Morgan fingerprint density at radius 1 is 1.00 bits per heavy atom. The number of H-pyrrole nitrogens is 1. The predicted octanol–water partition coefficient (Wildman–Crippen LogP) is 5.50. The van der Waals surface area contributed by atoms with Crippen LogP contribution in [0.2, 0.25) is 0 Å². The highest BCUT2D eigenvalue weighted by atomic mass is 15.1. The van der Waals surface area contributed by atoms with E-state index in [1.54, 1.807) is 0 Å². The standard InChI is InChI=1S/C26H33N5/c1-19(28-23-8-4-2-5-9-23)26-24-15-21(10-11-25(24)29-30-26)22-14-20(16-27-17-22)18-31-12-6-3-7-13-31/h10-11,14-17,23,28H,1-9,12-13,18H2,(H,29,30). The molecule has 0 spiro atoms. The summed E-state index contributed by atoms with van der Waals surface area (Å²) in [4.78, 5) is 7.09. The van der Waals surface area contributed by atoms with Crippen molar-refractivity contribution >= 4 is 16.6 Å². The lowest BCUT2D eigenvalue weighted by Gasteiger charge is -2.26. The van der Waals surface area contributed by atoms with Crippen molar-refractivity contribution in [3.63, 3.8) is 0 Å². The second-order valence-corrected chi connectivity index (χ2v) is 9.21. The number of benzene rings is 1. The number of fused-ring (bicyclic) bond motifs is 1. The van der Waals surface area contributed by atoms with Crippen molar-refractivity contribution in [3.8, 4) is 11.1 Å². The van der Waals surface area contributed by atoms with E-state index in [1.807, 2.05) is 12.4 Å². The van der Waals surface area contributed by atoms with Crippen LogP contribution >= 0.6 is 0 Å². The molecule has 1 saturated heterocycles. The van der Waals surface area contributed by atoms with Gasteiger partial charge in [-0.3, -0.25) is 15.0 Å². The third-order valence-corrected chi connectivity index (χ3v) is 6.82. The minimum Gasteiger partial charge on any atom is -0.381 e. The normalized spacial score (nSPS) is 18.3. The molecule has 2 fully saturated rings. The fraction of sp³-hybridized carbons (Fsp3) is 0.462. The van der Waals surface area contributed by atoms with Gasteiger partial charge < -0.3 is 5.32 Å². The number of hydrogen-bond acceptors (Lipinski definition) is 4. The minimum absolute atomic E-state index is 0.520. The first-order valence-electron chi connectivity index (χ1n) is 11.9. The molecule has 162 valence electrons. The van der Waals surface area contributed by atoms with Gasteiger partial charge >= 0.3 is 0 Å². The largest absolute Gasteiger partial charge is 0.381 e. The first-order chi connectivity index (χ1) is 15.3. The molecule has 2 N–H and O–H groups in total. The zero-order valence-corrected chi connectivity index (χ0v) is 18.4. The van der Waals surface area contributed by atoms with Gasteiger partial charge in [0.15, 0.2) is 0 Å². The van der Waals surface area contributed by atoms with Crippen LogP contribution in [0, 0.1) is 0 Å². The smallest absolute Gasteiger partial charge is 0.115 e. The summed E-state index contributed by atoms with van der Waals surface area (Å²) in [5.74, 6) is 0. The van der Waals surface area contributed by atoms with E-state index >= 15 is 0 Å². The molecule has 1 aromatic carbocycles. The summed E-state index contributed by atoms with van der Waals surface area (Å²) in [6.07, 6.45) is 14.4. The molecule has 5 rings (SSSR count). The van der Waals surface area contributed by atoms with E-state index in [-0.39, 0.29) is 0 Å². The SMILES string of the molecule is C=C(NC1CCCCC1)c1n[nH]c2ccc(-c3cncc(CN4CCCCC4)c3)cc12. The number of aromatic nitrogens is 3. The summed E-state index contributed by atoms with van der Waals surface area (Å²) >= 11 is 0. The van der Waals surface area contributed by atoms with E-state index in [4.69, 9.17) is 0 Å². The van der Waals surface area contributed by atoms with E-state index in [2.05, 4.69) is 56.2 Å². The lowest BCUT2D eigenvalue weighted by atomic mass is 9.95. The van der Waals surface area contributed by atoms with Crippen molar-refractivity contribution in [2.24, 2.45) is 0 Å². The van der Waals surface area contributed by atoms with Gasteiger partial charge in [-0.1, -0.05) is 38.3 Å². The number of piperidine rings is 1. The van der Waals surface area contributed by atoms with E-state index in [9.17, 15) is 0 Å². The van der Waals surface area contributed by atoms with Crippen LogP contribution in [0.1, 0.15) is 62.6 Å². The van der Waals surface area contributed by atoms with Gasteiger partial charge in [0.2, 0.25) is 0 Å². The van der Waals surface area contributed by atoms with Crippen LogP contribution in [0.5, 0.6) is 0 Å². The van der Waals surface area contributed by atoms with Crippen molar-refractivity contribution in [2.75, 3.05) is 13.1 Å². The number of aromatic amines is 1. The Kier molecular flexibility index (Phi) is 6.03. The van der Waals surface area contributed by atoms with Crippen molar-refractivity contribution < 1.29 is 0 Å². The number of nitrogens with zero attached hydrogens (tertiary/aromatic N) is 3. The maximum absolute atomic E-state index is 4.58. The number of pyridine rings is 1. The van der Waals surface area contributed by atoms with Gasteiger partial charge in [-0.25, -0.2) is 0 Å². The Hall–Kier alpha value is -2.66. The maximum Gasteiger partial charge on any atom is 0.115 e. The third-order valence-electron chi connectivity index (χ3n) is 6.82. The van der Waals surface area contributed by atoms with Crippen molar-refractivity contribution in [2.45, 2.75) is 64.0 Å². The van der Waals surface area contributed by atoms with Gasteiger partial charge in [0, 0.05) is 35.9 Å². The average molecular weight is 416 g/mol. The van der Waals surface area contributed by atoms with Gasteiger partial charge in [0.25, 0.3) is 0 Å². The second kappa shape index (κ2) is 9.23. The highest BCUT2D eigenvalue weighted by Gasteiger charge is 2.17.